The summed E-state index contributed by atoms with van der Waals surface area (Å²) in [5.41, 5.74) is 7.14. The summed E-state index contributed by atoms with van der Waals surface area (Å²) in [6.07, 6.45) is -1.71. The van der Waals surface area contributed by atoms with Gasteiger partial charge < -0.3 is 15.2 Å². The van der Waals surface area contributed by atoms with Gasteiger partial charge in [-0.3, -0.25) is 4.79 Å². The fraction of sp³-hybridized carbons (Fsp3) is 0.588. The summed E-state index contributed by atoms with van der Waals surface area (Å²) >= 11 is 0. The van der Waals surface area contributed by atoms with Crippen molar-refractivity contribution >= 4 is 11.7 Å². The minimum Gasteiger partial charge on any atom is -0.482 e. The molecule has 7 heteroatoms. The Morgan fingerprint density at radius 1 is 1.38 bits per heavy atom. The van der Waals surface area contributed by atoms with Crippen LogP contribution in [0.2, 0.25) is 0 Å². The van der Waals surface area contributed by atoms with Crippen molar-refractivity contribution in [3.8, 4) is 5.75 Å². The van der Waals surface area contributed by atoms with E-state index in [1.165, 1.54) is 6.07 Å². The van der Waals surface area contributed by atoms with Crippen LogP contribution < -0.4 is 10.5 Å². The van der Waals surface area contributed by atoms with Crippen molar-refractivity contribution in [2.45, 2.75) is 45.2 Å². The maximum Gasteiger partial charge on any atom is 0.422 e. The van der Waals surface area contributed by atoms with Crippen LogP contribution in [-0.4, -0.2) is 25.4 Å². The van der Waals surface area contributed by atoms with E-state index in [0.717, 1.165) is 12.8 Å². The lowest BCUT2D eigenvalue weighted by molar-refractivity contribution is -0.153. The molecule has 0 aliphatic heterocycles. The van der Waals surface area contributed by atoms with Gasteiger partial charge in [-0.15, -0.1) is 0 Å². The van der Waals surface area contributed by atoms with Crippen molar-refractivity contribution in [3.05, 3.63) is 23.3 Å². The van der Waals surface area contributed by atoms with E-state index in [4.69, 9.17) is 15.2 Å². The number of benzene rings is 1. The van der Waals surface area contributed by atoms with E-state index < -0.39 is 18.7 Å². The molecular formula is C17H22F3NO3. The molecule has 1 aliphatic carbocycles. The van der Waals surface area contributed by atoms with E-state index in [-0.39, 0.29) is 24.0 Å². The highest BCUT2D eigenvalue weighted by molar-refractivity contribution is 5.79. The molecule has 1 atom stereocenters. The van der Waals surface area contributed by atoms with Crippen molar-refractivity contribution in [2.24, 2.45) is 5.92 Å². The van der Waals surface area contributed by atoms with Gasteiger partial charge in [-0.2, -0.15) is 13.2 Å². The Balaban J connectivity index is 2.28. The van der Waals surface area contributed by atoms with Crippen LogP contribution in [0, 0.1) is 12.8 Å². The summed E-state index contributed by atoms with van der Waals surface area (Å²) in [5.74, 6) is -0.468. The van der Waals surface area contributed by atoms with Crippen LogP contribution in [0.15, 0.2) is 12.1 Å². The molecule has 0 aromatic heterocycles. The molecule has 1 unspecified atom stereocenters. The lowest BCUT2D eigenvalue weighted by atomic mass is 9.91. The van der Waals surface area contributed by atoms with Crippen LogP contribution in [0.4, 0.5) is 18.9 Å². The van der Waals surface area contributed by atoms with E-state index in [9.17, 15) is 18.0 Å². The smallest absolute Gasteiger partial charge is 0.422 e. The van der Waals surface area contributed by atoms with E-state index >= 15 is 0 Å². The minimum atomic E-state index is -4.45. The fourth-order valence-electron chi connectivity index (χ4n) is 2.57. The van der Waals surface area contributed by atoms with Gasteiger partial charge in [-0.1, -0.05) is 18.9 Å². The molecule has 1 aromatic rings. The number of rotatable bonds is 7. The first-order valence-electron chi connectivity index (χ1n) is 7.97. The van der Waals surface area contributed by atoms with E-state index in [2.05, 4.69) is 0 Å². The van der Waals surface area contributed by atoms with Gasteiger partial charge in [0.2, 0.25) is 0 Å². The molecule has 24 heavy (non-hydrogen) atoms. The van der Waals surface area contributed by atoms with Crippen molar-refractivity contribution in [2.75, 3.05) is 18.9 Å². The number of carbonyl (C=O) groups excluding carboxylic acids is 1. The number of hydrogen-bond donors (Lipinski definition) is 1. The van der Waals surface area contributed by atoms with Gasteiger partial charge in [0.1, 0.15) is 5.75 Å². The molecule has 0 bridgehead atoms. The van der Waals surface area contributed by atoms with Gasteiger partial charge in [0.25, 0.3) is 0 Å². The summed E-state index contributed by atoms with van der Waals surface area (Å²) in [4.78, 5) is 12.3. The Morgan fingerprint density at radius 3 is 2.58 bits per heavy atom. The van der Waals surface area contributed by atoms with Gasteiger partial charge in [0, 0.05) is 0 Å². The zero-order valence-corrected chi connectivity index (χ0v) is 13.8. The lowest BCUT2D eigenvalue weighted by Gasteiger charge is -2.19. The minimum absolute atomic E-state index is 0.0487. The molecule has 2 N–H and O–H groups in total. The molecule has 0 heterocycles. The molecule has 0 spiro atoms. The number of ether oxygens (including phenoxy) is 2. The summed E-state index contributed by atoms with van der Waals surface area (Å²) < 4.78 is 47.2. The summed E-state index contributed by atoms with van der Waals surface area (Å²) in [5, 5.41) is 0. The molecule has 1 fully saturated rings. The van der Waals surface area contributed by atoms with Crippen LogP contribution in [0.5, 0.6) is 5.75 Å². The molecule has 134 valence electrons. The van der Waals surface area contributed by atoms with Crippen LogP contribution >= 0.6 is 0 Å². The number of anilines is 1. The summed E-state index contributed by atoms with van der Waals surface area (Å²) in [7, 11) is 0. The van der Waals surface area contributed by atoms with Crippen molar-refractivity contribution in [1.82, 2.24) is 0 Å². The second-order valence-corrected chi connectivity index (χ2v) is 6.14. The maximum atomic E-state index is 12.4. The molecule has 0 amide bonds. The average molecular weight is 345 g/mol. The normalized spacial score (nSPS) is 15.9. The first-order valence-corrected chi connectivity index (χ1v) is 7.97. The zero-order chi connectivity index (χ0) is 17.9. The number of halogens is 3. The zero-order valence-electron chi connectivity index (χ0n) is 13.8. The Kier molecular flexibility index (Phi) is 5.62. The molecule has 4 nitrogen and oxygen atoms in total. The standard InChI is InChI=1S/C17H22F3NO3/c1-3-23-16(22)13(7-11-4-5-11)12-6-10(2)15(21)14(8-12)24-9-17(18,19)20/h6,8,11,13H,3-5,7,9,21H2,1-2H3. The van der Waals surface area contributed by atoms with E-state index in [1.807, 2.05) is 0 Å². The number of carbonyl (C=O) groups is 1. The molecular weight excluding hydrogens is 323 g/mol. The fourth-order valence-corrected chi connectivity index (χ4v) is 2.57. The molecule has 1 saturated carbocycles. The topological polar surface area (TPSA) is 61.5 Å². The first kappa shape index (κ1) is 18.4. The van der Waals surface area contributed by atoms with Gasteiger partial charge >= 0.3 is 12.1 Å². The number of hydrogen-bond acceptors (Lipinski definition) is 4. The molecule has 0 saturated heterocycles. The van der Waals surface area contributed by atoms with Crippen molar-refractivity contribution in [3.63, 3.8) is 0 Å². The quantitative estimate of drug-likeness (QED) is 0.600. The summed E-state index contributed by atoms with van der Waals surface area (Å²) in [6, 6.07) is 3.15. The van der Waals surface area contributed by atoms with Crippen LogP contribution in [0.25, 0.3) is 0 Å². The monoisotopic (exact) mass is 345 g/mol. The number of esters is 1. The molecule has 1 aromatic carbocycles. The highest BCUT2D eigenvalue weighted by Gasteiger charge is 2.33. The van der Waals surface area contributed by atoms with Crippen LogP contribution in [0.3, 0.4) is 0 Å². The summed E-state index contributed by atoms with van der Waals surface area (Å²) in [6.45, 7) is 2.23. The lowest BCUT2D eigenvalue weighted by Crippen LogP contribution is -2.21. The second kappa shape index (κ2) is 7.32. The SMILES string of the molecule is CCOC(=O)C(CC1CC1)c1cc(C)c(N)c(OCC(F)(F)F)c1. The number of aryl methyl sites for hydroxylation is 1. The van der Waals surface area contributed by atoms with Crippen LogP contribution in [-0.2, 0) is 9.53 Å². The molecule has 0 radical (unpaired) electrons. The Morgan fingerprint density at radius 2 is 2.04 bits per heavy atom. The third-order valence-corrected chi connectivity index (χ3v) is 4.00. The van der Waals surface area contributed by atoms with E-state index in [1.54, 1.807) is 19.9 Å². The van der Waals surface area contributed by atoms with Crippen LogP contribution in [0.1, 0.15) is 43.2 Å². The van der Waals surface area contributed by atoms with Crippen molar-refractivity contribution < 1.29 is 27.4 Å². The number of alkyl halides is 3. The molecule has 1 aliphatic rings. The third kappa shape index (κ3) is 5.04. The average Bonchev–Trinajstić information content (AvgIpc) is 3.29. The van der Waals surface area contributed by atoms with Gasteiger partial charge in [-0.25, -0.2) is 0 Å². The van der Waals surface area contributed by atoms with Crippen molar-refractivity contribution in [1.29, 1.82) is 0 Å². The Labute approximate surface area is 139 Å². The first-order chi connectivity index (χ1) is 11.2. The second-order valence-electron chi connectivity index (χ2n) is 6.14. The number of nitrogens with two attached hydrogens (primary N) is 1. The highest BCUT2D eigenvalue weighted by Crippen LogP contribution is 2.41. The van der Waals surface area contributed by atoms with Gasteiger partial charge in [0.05, 0.1) is 18.2 Å². The van der Waals surface area contributed by atoms with E-state index in [0.29, 0.717) is 23.5 Å². The highest BCUT2D eigenvalue weighted by atomic mass is 19.4. The maximum absolute atomic E-state index is 12.4. The molecule has 2 rings (SSSR count). The Bertz CT molecular complexity index is 597. The third-order valence-electron chi connectivity index (χ3n) is 4.00. The number of nitrogen functional groups attached to an aromatic ring is 1. The largest absolute Gasteiger partial charge is 0.482 e. The van der Waals surface area contributed by atoms with Gasteiger partial charge in [-0.05, 0) is 43.4 Å². The van der Waals surface area contributed by atoms with Gasteiger partial charge in [0.15, 0.2) is 6.61 Å². The predicted molar refractivity (Wildman–Crippen MR) is 83.9 cm³/mol. The predicted octanol–water partition coefficient (Wildman–Crippen LogP) is 3.97. The Hall–Kier alpha value is -1.92.